The molecule has 0 aromatic rings. The normalized spacial score (nSPS) is 41.6. The van der Waals surface area contributed by atoms with Gasteiger partial charge in [0.25, 0.3) is 0 Å². The van der Waals surface area contributed by atoms with E-state index in [4.69, 9.17) is 0 Å². The molecule has 0 aliphatic heterocycles. The first-order valence-electron chi connectivity index (χ1n) is 19.1. The molecule has 0 atom stereocenters. The minimum atomic E-state index is -4.56. The quantitative estimate of drug-likeness (QED) is 0.0660. The summed E-state index contributed by atoms with van der Waals surface area (Å²) in [5, 5.41) is 59.6. The summed E-state index contributed by atoms with van der Waals surface area (Å²) in [5.41, 5.74) is -7.53. The number of rotatable bonds is 20. The van der Waals surface area contributed by atoms with Gasteiger partial charge in [-0.1, -0.05) is 0 Å². The fourth-order valence-corrected chi connectivity index (χ4v) is 147. The second-order valence-electron chi connectivity index (χ2n) is 16.2. The molecule has 0 bridgehead atoms. The summed E-state index contributed by atoms with van der Waals surface area (Å²) in [7, 11) is 0. The predicted octanol–water partition coefficient (Wildman–Crippen LogP) is 9.11. The topological polar surface area (TPSA) is 173 Å². The maximum atomic E-state index is 14.9. The van der Waals surface area contributed by atoms with E-state index in [0.717, 1.165) is 0 Å². The fraction of sp³-hybridized carbons (Fsp3) is 1.00. The van der Waals surface area contributed by atoms with Crippen LogP contribution in [0.1, 0.15) is 83.1 Å². The van der Waals surface area contributed by atoms with Gasteiger partial charge in [-0.15, -0.1) is 0 Å². The number of hydrogen-bond donors (Lipinski definition) is 0. The van der Waals surface area contributed by atoms with Crippen molar-refractivity contribution in [2.24, 2.45) is 0 Å². The average molecular weight is 1460 g/mol. The third kappa shape index (κ3) is 2.40. The Kier molecular flexibility index (Phi) is 9.62. The van der Waals surface area contributed by atoms with Crippen LogP contribution in [0.5, 0.6) is 0 Å². The number of hydrogen-bond acceptors (Lipinski definition) is 8. The summed E-state index contributed by atoms with van der Waals surface area (Å²) in [6.07, 6.45) is 0. The van der Waals surface area contributed by atoms with Gasteiger partial charge < -0.3 is 0 Å². The second kappa shape index (κ2) is 11.4. The Labute approximate surface area is 305 Å². The molecule has 12 nitrogen and oxygen atoms in total. The maximum absolute atomic E-state index is 14.9. The van der Waals surface area contributed by atoms with Gasteiger partial charge in [0.05, 0.1) is 0 Å². The van der Waals surface area contributed by atoms with Crippen molar-refractivity contribution in [3.63, 3.8) is 0 Å². The summed E-state index contributed by atoms with van der Waals surface area (Å²) in [6, 6.07) is 0. The van der Waals surface area contributed by atoms with E-state index in [0.29, 0.717) is 47.8 Å². The first-order valence-corrected chi connectivity index (χ1v) is 59.8. The summed E-state index contributed by atoms with van der Waals surface area (Å²) in [4.78, 5) is 59.0. The van der Waals surface area contributed by atoms with Gasteiger partial charge >= 0.3 is 310 Å². The second-order valence-corrected chi connectivity index (χ2v) is 101. The molecule has 16 heteroatoms. The van der Waals surface area contributed by atoms with E-state index in [1.54, 1.807) is 0 Å². The molecule has 0 heterocycles. The molecule has 272 valence electrons. The van der Waals surface area contributed by atoms with Crippen molar-refractivity contribution in [1.29, 1.82) is 0 Å². The predicted molar refractivity (Wildman–Crippen MR) is 198 cm³/mol. The first-order chi connectivity index (χ1) is 22.5. The van der Waals surface area contributed by atoms with Crippen molar-refractivity contribution in [1.82, 2.24) is 0 Å². The molecule has 6 aliphatic rings. The van der Waals surface area contributed by atoms with Gasteiger partial charge in [-0.2, -0.15) is 0 Å². The van der Waals surface area contributed by atoms with E-state index in [-0.39, 0.29) is 19.7 Å². The van der Waals surface area contributed by atoms with Crippen molar-refractivity contribution in [3.05, 3.63) is 40.5 Å². The molecular weight excluding hydrogens is 1400 g/mol. The van der Waals surface area contributed by atoms with Crippen LogP contribution in [0.25, 0.3) is 0 Å². The van der Waals surface area contributed by atoms with Crippen LogP contribution < -0.4 is 0 Å². The zero-order valence-electron chi connectivity index (χ0n) is 31.5. The fourth-order valence-electron chi connectivity index (χ4n) is 18.6. The molecule has 0 N–H and O–H groups in total. The van der Waals surface area contributed by atoms with Gasteiger partial charge in [0.1, 0.15) is 0 Å². The van der Waals surface area contributed by atoms with Gasteiger partial charge in [-0.25, -0.2) is 0 Å². The summed E-state index contributed by atoms with van der Waals surface area (Å²) < 4.78 is 0.423. The average Bonchev–Trinajstić information content (AvgIpc) is 3.07. The van der Waals surface area contributed by atoms with Crippen LogP contribution in [0.4, 0.5) is 0 Å². The summed E-state index contributed by atoms with van der Waals surface area (Å²) in [5.74, 6) is 0. The van der Waals surface area contributed by atoms with Crippen molar-refractivity contribution in [3.8, 4) is 0 Å². The van der Waals surface area contributed by atoms with Crippen LogP contribution in [-0.2, 0) is 0 Å². The Balaban J connectivity index is 2.31. The van der Waals surface area contributed by atoms with E-state index >= 15 is 0 Å². The molecule has 0 unspecified atom stereocenters. The molecule has 6 rings (SSSR count). The molecular formula is C32H60N4O8Pb4. The third-order valence-electron chi connectivity index (χ3n) is 18.9. The van der Waals surface area contributed by atoms with Gasteiger partial charge in [0.2, 0.25) is 0 Å². The zero-order chi connectivity index (χ0) is 36.8. The Hall–Kier alpha value is 1.29. The van der Waals surface area contributed by atoms with Crippen LogP contribution in [0, 0.1) is 40.5 Å². The Morgan fingerprint density at radius 2 is 0.417 bits per heavy atom. The van der Waals surface area contributed by atoms with Gasteiger partial charge in [-0.05, 0) is 0 Å². The van der Waals surface area contributed by atoms with E-state index < -0.39 is 119 Å². The van der Waals surface area contributed by atoms with Crippen LogP contribution in [0.2, 0.25) is 59.7 Å². The monoisotopic (exact) mass is 1460 g/mol. The van der Waals surface area contributed by atoms with Crippen LogP contribution in [0.3, 0.4) is 0 Å². The van der Waals surface area contributed by atoms with Crippen molar-refractivity contribution >= 4 is 84.7 Å². The van der Waals surface area contributed by atoms with Crippen molar-refractivity contribution in [2.75, 3.05) is 0 Å². The summed E-state index contributed by atoms with van der Waals surface area (Å²) >= 11 is -18.3. The number of nitro groups is 4. The van der Waals surface area contributed by atoms with Gasteiger partial charge in [0, 0.05) is 0 Å². The molecule has 6 saturated carbocycles. The van der Waals surface area contributed by atoms with Crippen molar-refractivity contribution < 1.29 is 19.7 Å². The van der Waals surface area contributed by atoms with E-state index in [1.165, 1.54) is 0 Å². The third-order valence-corrected chi connectivity index (χ3v) is 124. The van der Waals surface area contributed by atoms with E-state index in [2.05, 4.69) is 0 Å². The Morgan fingerprint density at radius 1 is 0.312 bits per heavy atom. The van der Waals surface area contributed by atoms with Gasteiger partial charge in [0.15, 0.2) is 0 Å². The first kappa shape index (κ1) is 40.5. The summed E-state index contributed by atoms with van der Waals surface area (Å²) in [6.45, 7) is 24.2. The molecule has 0 amide bonds. The molecule has 0 radical (unpaired) electrons. The molecule has 48 heavy (non-hydrogen) atoms. The Morgan fingerprint density at radius 3 is 0.479 bits per heavy atom. The van der Waals surface area contributed by atoms with Crippen LogP contribution in [-0.4, -0.2) is 127 Å². The molecule has 0 aromatic carbocycles. The Bertz CT molecular complexity index is 1160. The van der Waals surface area contributed by atoms with E-state index in [9.17, 15) is 40.5 Å². The molecule has 0 saturated heterocycles. The molecule has 0 spiro atoms. The standard InChI is InChI=1S/C8N4O8.12C2H5.4Pb/c13-9(14)5-1-6(10(15)16)2(5)8(12(19)20)3(5)7(1,4(6)8)11(17)18;12*1-2;;;;/h;12*1H2,2H3;;;;. The number of nitrogens with zero attached hydrogens (tertiary/aromatic N) is 4. The molecule has 6 fully saturated rings. The van der Waals surface area contributed by atoms with Crippen LogP contribution in [0.15, 0.2) is 0 Å². The molecule has 6 aliphatic carbocycles. The van der Waals surface area contributed by atoms with Gasteiger partial charge in [-0.3, -0.25) is 0 Å². The van der Waals surface area contributed by atoms with E-state index in [1.807, 2.05) is 83.1 Å². The zero-order valence-corrected chi connectivity index (χ0v) is 47.1. The van der Waals surface area contributed by atoms with Crippen LogP contribution >= 0.6 is 0 Å². The SMILES string of the molecule is C[CH2][Pb]([CH2]C)([CH2]C)[C]12C3([N+](=O)[O-])[C]4([Pb]([CH2]C)([CH2]C)[CH2]C)C1([N+](=O)[O-])[C]1([Pb]([CH2]C)([CH2]C)[CH2]C)C2([N+](=O)[O-])[C]3([Pb]([CH2]C)([CH2]C)[CH2]C)C41[N+](=O)[O-]. The molecule has 0 aromatic heterocycles. The van der Waals surface area contributed by atoms with Crippen molar-refractivity contribution in [2.45, 2.75) is 165 Å². The minimum absolute atomic E-state index is 0.162.